The first-order valence-corrected chi connectivity index (χ1v) is 10.9. The summed E-state index contributed by atoms with van der Waals surface area (Å²) in [5, 5.41) is 5.67. The minimum absolute atomic E-state index is 0.201. The Hall–Kier alpha value is -2.94. The summed E-state index contributed by atoms with van der Waals surface area (Å²) in [7, 11) is 0. The first-order valence-electron chi connectivity index (χ1n) is 10.9. The van der Waals surface area contributed by atoms with Crippen LogP contribution in [0, 0.1) is 5.92 Å². The maximum atomic E-state index is 13.7. The van der Waals surface area contributed by atoms with Crippen LogP contribution in [0.4, 0.5) is 18.9 Å². The summed E-state index contributed by atoms with van der Waals surface area (Å²) in [4.78, 5) is 4.33. The van der Waals surface area contributed by atoms with Gasteiger partial charge >= 0.3 is 6.18 Å². The van der Waals surface area contributed by atoms with E-state index in [1.807, 2.05) is 29.1 Å². The SMILES string of the molecule is NC1(C2CCCCC2)N=C(Nc2ccc(OCCn3cccc3)cc2)NC=C1C(F)(F)F. The lowest BCUT2D eigenvalue weighted by atomic mass is 9.76. The van der Waals surface area contributed by atoms with E-state index in [9.17, 15) is 13.2 Å². The molecule has 2 heterocycles. The summed E-state index contributed by atoms with van der Waals surface area (Å²) >= 11 is 0. The van der Waals surface area contributed by atoms with E-state index >= 15 is 0 Å². The zero-order valence-electron chi connectivity index (χ0n) is 17.7. The lowest BCUT2D eigenvalue weighted by molar-refractivity contribution is -0.105. The standard InChI is InChI=1S/C23H28F3N5O/c24-23(25,26)20-16-28-21(30-22(20,27)17-6-2-1-3-7-17)29-18-8-10-19(11-9-18)32-15-14-31-12-4-5-13-31/h4-5,8-13,16-17H,1-3,6-7,14-15,27H2,(H2,28,29,30). The minimum atomic E-state index is -4.55. The molecule has 4 N–H and O–H groups in total. The van der Waals surface area contributed by atoms with Crippen LogP contribution < -0.4 is 21.1 Å². The molecule has 32 heavy (non-hydrogen) atoms. The van der Waals surface area contributed by atoms with Crippen molar-refractivity contribution in [3.8, 4) is 5.75 Å². The second-order valence-corrected chi connectivity index (χ2v) is 8.24. The quantitative estimate of drug-likeness (QED) is 0.604. The third-order valence-electron chi connectivity index (χ3n) is 6.02. The number of aliphatic imine (C=N–C) groups is 1. The van der Waals surface area contributed by atoms with Crippen molar-refractivity contribution in [2.24, 2.45) is 16.6 Å². The van der Waals surface area contributed by atoms with Gasteiger partial charge in [-0.25, -0.2) is 4.99 Å². The fraction of sp³-hybridized carbons (Fsp3) is 0.435. The van der Waals surface area contributed by atoms with E-state index in [1.165, 1.54) is 0 Å². The van der Waals surface area contributed by atoms with E-state index in [4.69, 9.17) is 10.5 Å². The number of nitrogens with zero attached hydrogens (tertiary/aromatic N) is 2. The lowest BCUT2D eigenvalue weighted by Crippen LogP contribution is -2.56. The highest BCUT2D eigenvalue weighted by Gasteiger charge is 2.52. The summed E-state index contributed by atoms with van der Waals surface area (Å²) in [5.74, 6) is 0.558. The van der Waals surface area contributed by atoms with Crippen LogP contribution in [-0.4, -0.2) is 29.0 Å². The molecular weight excluding hydrogens is 419 g/mol. The summed E-state index contributed by atoms with van der Waals surface area (Å²) in [6, 6.07) is 11.1. The second kappa shape index (κ2) is 9.28. The molecule has 1 atom stereocenters. The monoisotopic (exact) mass is 447 g/mol. The van der Waals surface area contributed by atoms with Crippen molar-refractivity contribution in [3.05, 3.63) is 60.6 Å². The van der Waals surface area contributed by atoms with Crippen LogP contribution in [-0.2, 0) is 6.54 Å². The first-order chi connectivity index (χ1) is 15.3. The predicted octanol–water partition coefficient (Wildman–Crippen LogP) is 4.62. The molecule has 0 amide bonds. The number of guanidine groups is 1. The molecule has 2 aromatic rings. The topological polar surface area (TPSA) is 76.6 Å². The third-order valence-corrected chi connectivity index (χ3v) is 6.02. The number of nitrogens with one attached hydrogen (secondary N) is 2. The number of ether oxygens (including phenoxy) is 1. The number of rotatable bonds is 6. The zero-order valence-corrected chi connectivity index (χ0v) is 17.7. The number of nitrogens with two attached hydrogens (primary N) is 1. The van der Waals surface area contributed by atoms with Crippen molar-refractivity contribution in [1.29, 1.82) is 0 Å². The summed E-state index contributed by atoms with van der Waals surface area (Å²) < 4.78 is 48.8. The van der Waals surface area contributed by atoms with Crippen molar-refractivity contribution in [2.45, 2.75) is 50.5 Å². The number of alkyl halides is 3. The zero-order chi connectivity index (χ0) is 22.6. The molecule has 172 valence electrons. The Morgan fingerprint density at radius 2 is 1.81 bits per heavy atom. The maximum absolute atomic E-state index is 13.7. The van der Waals surface area contributed by atoms with Gasteiger partial charge in [-0.15, -0.1) is 0 Å². The Kier molecular flexibility index (Phi) is 6.45. The molecule has 1 saturated carbocycles. The van der Waals surface area contributed by atoms with E-state index < -0.39 is 17.4 Å². The van der Waals surface area contributed by atoms with Gasteiger partial charge in [0.25, 0.3) is 0 Å². The van der Waals surface area contributed by atoms with Gasteiger partial charge in [-0.1, -0.05) is 19.3 Å². The molecule has 6 nitrogen and oxygen atoms in total. The Bertz CT molecular complexity index is 947. The van der Waals surface area contributed by atoms with Crippen molar-refractivity contribution in [2.75, 3.05) is 11.9 Å². The van der Waals surface area contributed by atoms with E-state index in [0.717, 1.165) is 32.0 Å². The van der Waals surface area contributed by atoms with Crippen molar-refractivity contribution >= 4 is 11.6 Å². The number of halogens is 3. The fourth-order valence-electron chi connectivity index (χ4n) is 4.32. The molecular formula is C23H28F3N5O. The van der Waals surface area contributed by atoms with Crippen LogP contribution in [0.15, 0.2) is 65.6 Å². The van der Waals surface area contributed by atoms with Crippen LogP contribution in [0.2, 0.25) is 0 Å². The highest BCUT2D eigenvalue weighted by atomic mass is 19.4. The van der Waals surface area contributed by atoms with E-state index in [1.54, 1.807) is 24.3 Å². The molecule has 2 aliphatic rings. The van der Waals surface area contributed by atoms with Gasteiger partial charge < -0.3 is 25.7 Å². The molecule has 1 aliphatic carbocycles. The van der Waals surface area contributed by atoms with Crippen LogP contribution in [0.3, 0.4) is 0 Å². The van der Waals surface area contributed by atoms with Crippen molar-refractivity contribution < 1.29 is 17.9 Å². The van der Waals surface area contributed by atoms with Gasteiger partial charge in [0.1, 0.15) is 18.0 Å². The van der Waals surface area contributed by atoms with Gasteiger partial charge in [0.2, 0.25) is 5.96 Å². The molecule has 0 saturated heterocycles. The molecule has 1 aromatic heterocycles. The number of hydrogen-bond donors (Lipinski definition) is 3. The highest BCUT2D eigenvalue weighted by Crippen LogP contribution is 2.43. The molecule has 1 aromatic carbocycles. The van der Waals surface area contributed by atoms with E-state index in [2.05, 4.69) is 15.6 Å². The molecule has 1 aliphatic heterocycles. The number of anilines is 1. The van der Waals surface area contributed by atoms with E-state index in [-0.39, 0.29) is 11.9 Å². The normalized spacial score (nSPS) is 22.0. The van der Waals surface area contributed by atoms with Gasteiger partial charge in [-0.2, -0.15) is 13.2 Å². The molecule has 1 fully saturated rings. The van der Waals surface area contributed by atoms with Crippen LogP contribution in [0.5, 0.6) is 5.75 Å². The molecule has 0 spiro atoms. The summed E-state index contributed by atoms with van der Waals surface area (Å²) in [6.45, 7) is 1.26. The molecule has 4 rings (SSSR count). The first kappa shape index (κ1) is 22.3. The van der Waals surface area contributed by atoms with Crippen LogP contribution >= 0.6 is 0 Å². The predicted molar refractivity (Wildman–Crippen MR) is 118 cm³/mol. The van der Waals surface area contributed by atoms with Gasteiger partial charge in [0.05, 0.1) is 12.1 Å². The summed E-state index contributed by atoms with van der Waals surface area (Å²) in [5.41, 5.74) is 4.40. The molecule has 9 heteroatoms. The van der Waals surface area contributed by atoms with E-state index in [0.29, 0.717) is 30.9 Å². The Balaban J connectivity index is 1.42. The van der Waals surface area contributed by atoms with Crippen molar-refractivity contribution in [3.63, 3.8) is 0 Å². The van der Waals surface area contributed by atoms with Gasteiger partial charge in [0, 0.05) is 30.2 Å². The average Bonchev–Trinajstić information content (AvgIpc) is 3.28. The largest absolute Gasteiger partial charge is 0.492 e. The van der Waals surface area contributed by atoms with Crippen molar-refractivity contribution in [1.82, 2.24) is 9.88 Å². The van der Waals surface area contributed by atoms with Gasteiger partial charge in [-0.3, -0.25) is 0 Å². The van der Waals surface area contributed by atoms with Gasteiger partial charge in [0.15, 0.2) is 0 Å². The van der Waals surface area contributed by atoms with Crippen LogP contribution in [0.1, 0.15) is 32.1 Å². The Morgan fingerprint density at radius 1 is 1.12 bits per heavy atom. The smallest absolute Gasteiger partial charge is 0.417 e. The average molecular weight is 448 g/mol. The van der Waals surface area contributed by atoms with Crippen LogP contribution in [0.25, 0.3) is 0 Å². The third kappa shape index (κ3) is 5.09. The molecule has 0 radical (unpaired) electrons. The Labute approximate surface area is 185 Å². The Morgan fingerprint density at radius 3 is 2.47 bits per heavy atom. The van der Waals surface area contributed by atoms with Gasteiger partial charge in [-0.05, 0) is 49.2 Å². The lowest BCUT2D eigenvalue weighted by Gasteiger charge is -2.41. The second-order valence-electron chi connectivity index (χ2n) is 8.24. The minimum Gasteiger partial charge on any atom is -0.492 e. The molecule has 0 bridgehead atoms. The number of hydrogen-bond acceptors (Lipinski definition) is 5. The number of aromatic nitrogens is 1. The fourth-order valence-corrected chi connectivity index (χ4v) is 4.32. The highest BCUT2D eigenvalue weighted by molar-refractivity contribution is 5.95. The number of benzene rings is 1. The molecule has 1 unspecified atom stereocenters. The maximum Gasteiger partial charge on any atom is 0.417 e. The summed E-state index contributed by atoms with van der Waals surface area (Å²) in [6.07, 6.45) is 4.36.